The summed E-state index contributed by atoms with van der Waals surface area (Å²) in [5.74, 6) is 0.0410. The fourth-order valence-corrected chi connectivity index (χ4v) is 2.61. The van der Waals surface area contributed by atoms with Crippen LogP contribution in [0.15, 0.2) is 51.7 Å². The number of amides is 1. The standard InChI is InChI=1S/C19H17NO4/c1-11-6-12(2)8-13(7-11)20-19(22)18-10-16(21)15-5-4-14(23-3)9-17(15)24-18/h4-10H,1-3H3,(H,20,22). The zero-order chi connectivity index (χ0) is 17.3. The van der Waals surface area contributed by atoms with E-state index >= 15 is 0 Å². The second kappa shape index (κ2) is 6.20. The number of carbonyl (C=O) groups excluding carboxylic acids is 1. The van der Waals surface area contributed by atoms with Gasteiger partial charge in [-0.15, -0.1) is 0 Å². The molecule has 1 aromatic heterocycles. The molecule has 0 aliphatic heterocycles. The molecule has 1 heterocycles. The average Bonchev–Trinajstić information content (AvgIpc) is 2.53. The first-order valence-corrected chi connectivity index (χ1v) is 7.48. The van der Waals surface area contributed by atoms with E-state index in [0.717, 1.165) is 11.1 Å². The third kappa shape index (κ3) is 3.15. The predicted octanol–water partition coefficient (Wildman–Crippen LogP) is 3.67. The summed E-state index contributed by atoms with van der Waals surface area (Å²) in [5.41, 5.74) is 2.77. The summed E-state index contributed by atoms with van der Waals surface area (Å²) in [4.78, 5) is 24.6. The van der Waals surface area contributed by atoms with Gasteiger partial charge in [0.25, 0.3) is 5.91 Å². The van der Waals surface area contributed by atoms with Crippen LogP contribution in [-0.2, 0) is 0 Å². The number of hydrogen-bond acceptors (Lipinski definition) is 4. The Bertz CT molecular complexity index is 968. The Hall–Kier alpha value is -3.08. The summed E-state index contributed by atoms with van der Waals surface area (Å²) >= 11 is 0. The summed E-state index contributed by atoms with van der Waals surface area (Å²) in [6.07, 6.45) is 0. The van der Waals surface area contributed by atoms with Crippen LogP contribution in [0.5, 0.6) is 5.75 Å². The van der Waals surface area contributed by atoms with Crippen LogP contribution in [0.3, 0.4) is 0 Å². The van der Waals surface area contributed by atoms with Crippen LogP contribution in [-0.4, -0.2) is 13.0 Å². The van der Waals surface area contributed by atoms with Gasteiger partial charge in [-0.25, -0.2) is 0 Å². The van der Waals surface area contributed by atoms with Crippen molar-refractivity contribution >= 4 is 22.6 Å². The molecule has 0 bridgehead atoms. The van der Waals surface area contributed by atoms with Crippen LogP contribution in [0.1, 0.15) is 21.7 Å². The van der Waals surface area contributed by atoms with Crippen molar-refractivity contribution in [2.24, 2.45) is 0 Å². The van der Waals surface area contributed by atoms with Gasteiger partial charge in [-0.05, 0) is 49.2 Å². The van der Waals surface area contributed by atoms with Gasteiger partial charge in [-0.3, -0.25) is 9.59 Å². The van der Waals surface area contributed by atoms with Crippen molar-refractivity contribution in [3.63, 3.8) is 0 Å². The number of hydrogen-bond donors (Lipinski definition) is 1. The van der Waals surface area contributed by atoms with E-state index in [2.05, 4.69) is 5.32 Å². The van der Waals surface area contributed by atoms with Gasteiger partial charge in [0.2, 0.25) is 0 Å². The van der Waals surface area contributed by atoms with Crippen molar-refractivity contribution in [2.45, 2.75) is 13.8 Å². The van der Waals surface area contributed by atoms with Crippen molar-refractivity contribution in [3.05, 3.63) is 69.6 Å². The molecule has 122 valence electrons. The summed E-state index contributed by atoms with van der Waals surface area (Å²) in [6, 6.07) is 11.8. The van der Waals surface area contributed by atoms with Crippen LogP contribution in [0, 0.1) is 13.8 Å². The number of methoxy groups -OCH3 is 1. The molecule has 0 saturated heterocycles. The third-order valence-corrected chi connectivity index (χ3v) is 3.64. The summed E-state index contributed by atoms with van der Waals surface area (Å²) in [6.45, 7) is 3.90. The molecule has 0 spiro atoms. The fraction of sp³-hybridized carbons (Fsp3) is 0.158. The first-order chi connectivity index (χ1) is 11.5. The molecule has 0 aliphatic carbocycles. The van der Waals surface area contributed by atoms with Crippen LogP contribution in [0.25, 0.3) is 11.0 Å². The molecular weight excluding hydrogens is 306 g/mol. The number of carbonyl (C=O) groups is 1. The third-order valence-electron chi connectivity index (χ3n) is 3.64. The number of ether oxygens (including phenoxy) is 1. The first-order valence-electron chi connectivity index (χ1n) is 7.48. The van der Waals surface area contributed by atoms with Crippen molar-refractivity contribution < 1.29 is 13.9 Å². The molecule has 5 heteroatoms. The minimum Gasteiger partial charge on any atom is -0.497 e. The summed E-state index contributed by atoms with van der Waals surface area (Å²) < 4.78 is 10.7. The van der Waals surface area contributed by atoms with Crippen LogP contribution < -0.4 is 15.5 Å². The largest absolute Gasteiger partial charge is 0.497 e. The van der Waals surface area contributed by atoms with E-state index in [1.54, 1.807) is 18.2 Å². The number of anilines is 1. The van der Waals surface area contributed by atoms with Gasteiger partial charge < -0.3 is 14.5 Å². The van der Waals surface area contributed by atoms with Gasteiger partial charge in [0.05, 0.1) is 12.5 Å². The Balaban J connectivity index is 1.98. The molecule has 0 radical (unpaired) electrons. The number of benzene rings is 2. The molecule has 3 rings (SSSR count). The number of aryl methyl sites for hydroxylation is 2. The quantitative estimate of drug-likeness (QED) is 0.798. The van der Waals surface area contributed by atoms with E-state index < -0.39 is 5.91 Å². The maximum Gasteiger partial charge on any atom is 0.291 e. The molecule has 0 unspecified atom stereocenters. The van der Waals surface area contributed by atoms with E-state index in [-0.39, 0.29) is 11.2 Å². The van der Waals surface area contributed by atoms with Crippen molar-refractivity contribution in [3.8, 4) is 5.75 Å². The monoisotopic (exact) mass is 323 g/mol. The second-order valence-corrected chi connectivity index (χ2v) is 5.67. The highest BCUT2D eigenvalue weighted by molar-refractivity contribution is 6.03. The predicted molar refractivity (Wildman–Crippen MR) is 92.9 cm³/mol. The van der Waals surface area contributed by atoms with Gasteiger partial charge in [0, 0.05) is 17.8 Å². The normalized spacial score (nSPS) is 10.6. The molecule has 2 aromatic carbocycles. The van der Waals surface area contributed by atoms with Gasteiger partial charge in [-0.2, -0.15) is 0 Å². The highest BCUT2D eigenvalue weighted by atomic mass is 16.5. The lowest BCUT2D eigenvalue weighted by Crippen LogP contribution is -2.15. The molecule has 0 saturated carbocycles. The Labute approximate surface area is 138 Å². The van der Waals surface area contributed by atoms with Gasteiger partial charge in [-0.1, -0.05) is 6.07 Å². The van der Waals surface area contributed by atoms with E-state index in [1.165, 1.54) is 13.2 Å². The minimum atomic E-state index is -0.471. The lowest BCUT2D eigenvalue weighted by Gasteiger charge is -2.08. The Morgan fingerprint density at radius 1 is 1.04 bits per heavy atom. The second-order valence-electron chi connectivity index (χ2n) is 5.67. The van der Waals surface area contributed by atoms with Gasteiger partial charge in [0.1, 0.15) is 11.3 Å². The molecule has 0 atom stereocenters. The van der Waals surface area contributed by atoms with Crippen molar-refractivity contribution in [2.75, 3.05) is 12.4 Å². The van der Waals surface area contributed by atoms with Crippen molar-refractivity contribution in [1.29, 1.82) is 0 Å². The summed E-state index contributed by atoms with van der Waals surface area (Å²) in [5, 5.41) is 3.16. The number of fused-ring (bicyclic) bond motifs is 1. The molecule has 3 aromatic rings. The maximum absolute atomic E-state index is 12.4. The Morgan fingerprint density at radius 2 is 1.75 bits per heavy atom. The van der Waals surface area contributed by atoms with Gasteiger partial charge >= 0.3 is 0 Å². The molecule has 1 amide bonds. The molecule has 0 fully saturated rings. The average molecular weight is 323 g/mol. The highest BCUT2D eigenvalue weighted by Crippen LogP contribution is 2.20. The molecule has 0 aliphatic rings. The molecule has 24 heavy (non-hydrogen) atoms. The van der Waals surface area contributed by atoms with Crippen LogP contribution >= 0.6 is 0 Å². The molecule has 1 N–H and O–H groups in total. The lowest BCUT2D eigenvalue weighted by atomic mass is 10.1. The smallest absolute Gasteiger partial charge is 0.291 e. The Kier molecular flexibility index (Phi) is 4.08. The van der Waals surface area contributed by atoms with E-state index in [0.29, 0.717) is 22.4 Å². The van der Waals surface area contributed by atoms with Crippen LogP contribution in [0.4, 0.5) is 5.69 Å². The Morgan fingerprint density at radius 3 is 2.42 bits per heavy atom. The number of nitrogens with one attached hydrogen (secondary N) is 1. The first kappa shape index (κ1) is 15.8. The maximum atomic E-state index is 12.4. The zero-order valence-electron chi connectivity index (χ0n) is 13.7. The number of rotatable bonds is 3. The molecule has 5 nitrogen and oxygen atoms in total. The molecular formula is C19H17NO4. The fourth-order valence-electron chi connectivity index (χ4n) is 2.61. The lowest BCUT2D eigenvalue weighted by molar-refractivity contribution is 0.0997. The van der Waals surface area contributed by atoms with Crippen molar-refractivity contribution in [1.82, 2.24) is 0 Å². The summed E-state index contributed by atoms with van der Waals surface area (Å²) in [7, 11) is 1.52. The van der Waals surface area contributed by atoms with E-state index in [1.807, 2.05) is 32.0 Å². The van der Waals surface area contributed by atoms with E-state index in [4.69, 9.17) is 9.15 Å². The highest BCUT2D eigenvalue weighted by Gasteiger charge is 2.13. The topological polar surface area (TPSA) is 68.5 Å². The zero-order valence-corrected chi connectivity index (χ0v) is 13.7. The van der Waals surface area contributed by atoms with Gasteiger partial charge in [0.15, 0.2) is 11.2 Å². The minimum absolute atomic E-state index is 0.0417. The van der Waals surface area contributed by atoms with Crippen LogP contribution in [0.2, 0.25) is 0 Å². The van der Waals surface area contributed by atoms with E-state index in [9.17, 15) is 9.59 Å². The SMILES string of the molecule is COc1ccc2c(=O)cc(C(=O)Nc3cc(C)cc(C)c3)oc2c1.